The van der Waals surface area contributed by atoms with E-state index in [1.54, 1.807) is 10.6 Å². The third-order valence-corrected chi connectivity index (χ3v) is 11.6. The maximum Gasteiger partial charge on any atom is 0.493 e. The lowest BCUT2D eigenvalue weighted by molar-refractivity contribution is -0.171. The fourth-order valence-electron chi connectivity index (χ4n) is 5.43. The minimum absolute atomic E-state index is 0.0111. The number of aromatic nitrogens is 2. The van der Waals surface area contributed by atoms with Gasteiger partial charge in [0, 0.05) is 53.9 Å². The number of halogens is 3. The number of imidazole rings is 1. The number of rotatable bonds is 13. The Balaban J connectivity index is 1.60. The fourth-order valence-corrected chi connectivity index (χ4v) is 6.94. The highest BCUT2D eigenvalue weighted by atomic mass is 28.3. The van der Waals surface area contributed by atoms with E-state index < -0.39 is 40.6 Å². The molecule has 2 heterocycles. The minimum Gasteiger partial charge on any atom is -0.407 e. The fraction of sp³-hybridized carbons (Fsp3) is 0.767. The molecule has 242 valence electrons. The Morgan fingerprint density at radius 1 is 0.953 bits per heavy atom. The molecule has 0 amide bonds. The SMILES string of the molecule is CC1(C)COB(c2cc(C(F)(F)F)c3c(c2)nc(C2CC(C)(OCOCC[Si](C)(C)C)C2)n3COCC[Si](C)(C)C)OC1. The third-order valence-electron chi connectivity index (χ3n) is 8.15. The number of ether oxygens (including phenoxy) is 3. The van der Waals surface area contributed by atoms with E-state index in [1.807, 2.05) is 20.8 Å². The van der Waals surface area contributed by atoms with Gasteiger partial charge in [-0.25, -0.2) is 4.98 Å². The molecule has 2 fully saturated rings. The molecular weight excluding hydrogens is 592 g/mol. The van der Waals surface area contributed by atoms with E-state index in [2.05, 4.69) is 39.3 Å². The summed E-state index contributed by atoms with van der Waals surface area (Å²) in [6.07, 6.45) is -3.32. The Hall–Kier alpha value is -1.22. The van der Waals surface area contributed by atoms with E-state index in [1.165, 1.54) is 0 Å². The minimum atomic E-state index is -4.60. The van der Waals surface area contributed by atoms with Crippen LogP contribution in [0.25, 0.3) is 11.0 Å². The smallest absolute Gasteiger partial charge is 0.407 e. The molecule has 1 aliphatic heterocycles. The Labute approximate surface area is 257 Å². The first kappa shape index (κ1) is 34.6. The summed E-state index contributed by atoms with van der Waals surface area (Å²) in [5, 5.41) is 0. The second-order valence-electron chi connectivity index (χ2n) is 15.8. The quantitative estimate of drug-likeness (QED) is 0.132. The standard InChI is InChI=1S/C30H50BF3N2O5Si2/c1-28(2)18-40-31(41-19-28)23-14-24(30(32,33)34)26-25(15-23)35-27(36(26)20-37-10-12-42(4,5)6)22-16-29(3,17-22)39-21-38-11-13-43(7,8)9/h14-15,22H,10-13,16-21H2,1-9H3. The van der Waals surface area contributed by atoms with Gasteiger partial charge in [-0.3, -0.25) is 0 Å². The monoisotopic (exact) mass is 642 g/mol. The van der Waals surface area contributed by atoms with Crippen molar-refractivity contribution in [3.05, 3.63) is 23.5 Å². The lowest BCUT2D eigenvalue weighted by Gasteiger charge is -2.44. The normalized spacial score (nSPS) is 23.2. The van der Waals surface area contributed by atoms with Crippen molar-refractivity contribution in [2.24, 2.45) is 5.41 Å². The second-order valence-corrected chi connectivity index (χ2v) is 27.1. The Morgan fingerprint density at radius 3 is 2.09 bits per heavy atom. The summed E-state index contributed by atoms with van der Waals surface area (Å²) in [6.45, 7) is 21.9. The summed E-state index contributed by atoms with van der Waals surface area (Å²) in [7, 11) is -3.44. The van der Waals surface area contributed by atoms with Gasteiger partial charge in [0.2, 0.25) is 0 Å². The molecule has 13 heteroatoms. The first-order valence-electron chi connectivity index (χ1n) is 15.4. The predicted molar refractivity (Wildman–Crippen MR) is 170 cm³/mol. The molecule has 2 aliphatic rings. The average Bonchev–Trinajstić information content (AvgIpc) is 3.20. The molecule has 1 saturated carbocycles. The van der Waals surface area contributed by atoms with Crippen molar-refractivity contribution in [1.29, 1.82) is 0 Å². The summed E-state index contributed by atoms with van der Waals surface area (Å²) in [6, 6.07) is 4.82. The molecule has 1 aliphatic carbocycles. The van der Waals surface area contributed by atoms with Crippen molar-refractivity contribution in [3.8, 4) is 0 Å². The highest BCUT2D eigenvalue weighted by Crippen LogP contribution is 2.48. The first-order valence-corrected chi connectivity index (χ1v) is 22.8. The van der Waals surface area contributed by atoms with E-state index >= 15 is 0 Å². The zero-order chi connectivity index (χ0) is 31.8. The van der Waals surface area contributed by atoms with Crippen LogP contribution in [0.15, 0.2) is 12.1 Å². The van der Waals surface area contributed by atoms with Gasteiger partial charge in [0.05, 0.1) is 22.2 Å². The summed E-state index contributed by atoms with van der Waals surface area (Å²) in [5.41, 5.74) is -0.731. The zero-order valence-corrected chi connectivity index (χ0v) is 29.5. The largest absolute Gasteiger partial charge is 0.493 e. The molecule has 2 aromatic rings. The molecule has 1 aromatic heterocycles. The second kappa shape index (κ2) is 12.9. The van der Waals surface area contributed by atoms with Crippen LogP contribution < -0.4 is 5.46 Å². The maximum atomic E-state index is 14.6. The van der Waals surface area contributed by atoms with Gasteiger partial charge < -0.3 is 28.1 Å². The summed E-state index contributed by atoms with van der Waals surface area (Å²) < 4.78 is 75.1. The molecule has 0 spiro atoms. The number of benzene rings is 1. The van der Waals surface area contributed by atoms with Gasteiger partial charge in [0.25, 0.3) is 0 Å². The van der Waals surface area contributed by atoms with Crippen LogP contribution in [0.4, 0.5) is 13.2 Å². The highest BCUT2D eigenvalue weighted by molar-refractivity contribution is 6.76. The molecular formula is C30H50BF3N2O5Si2. The maximum absolute atomic E-state index is 14.6. The highest BCUT2D eigenvalue weighted by Gasteiger charge is 2.46. The van der Waals surface area contributed by atoms with Crippen LogP contribution in [0.1, 0.15) is 50.9 Å². The van der Waals surface area contributed by atoms with Gasteiger partial charge in [-0.1, -0.05) is 53.1 Å². The van der Waals surface area contributed by atoms with Gasteiger partial charge in [0.15, 0.2) is 0 Å². The van der Waals surface area contributed by atoms with Gasteiger partial charge in [0.1, 0.15) is 19.3 Å². The van der Waals surface area contributed by atoms with Crippen molar-refractivity contribution >= 4 is 39.8 Å². The van der Waals surface area contributed by atoms with Crippen molar-refractivity contribution in [2.45, 2.75) is 109 Å². The summed E-state index contributed by atoms with van der Waals surface area (Å²) in [4.78, 5) is 4.82. The molecule has 43 heavy (non-hydrogen) atoms. The lowest BCUT2D eigenvalue weighted by Crippen LogP contribution is -2.47. The molecule has 1 aromatic carbocycles. The number of hydrogen-bond donors (Lipinski definition) is 0. The van der Waals surface area contributed by atoms with Gasteiger partial charge in [-0.2, -0.15) is 13.2 Å². The number of nitrogens with zero attached hydrogens (tertiary/aromatic N) is 2. The van der Waals surface area contributed by atoms with E-state index in [-0.39, 0.29) is 35.9 Å². The van der Waals surface area contributed by atoms with Crippen LogP contribution in [-0.2, 0) is 36.4 Å². The van der Waals surface area contributed by atoms with Crippen LogP contribution in [0.2, 0.25) is 51.4 Å². The van der Waals surface area contributed by atoms with Crippen molar-refractivity contribution in [1.82, 2.24) is 9.55 Å². The van der Waals surface area contributed by atoms with Crippen molar-refractivity contribution in [3.63, 3.8) is 0 Å². The topological polar surface area (TPSA) is 64.0 Å². The van der Waals surface area contributed by atoms with E-state index in [0.29, 0.717) is 50.6 Å². The molecule has 0 unspecified atom stereocenters. The predicted octanol–water partition coefficient (Wildman–Crippen LogP) is 7.10. The van der Waals surface area contributed by atoms with Crippen LogP contribution in [-0.4, -0.2) is 71.6 Å². The van der Waals surface area contributed by atoms with Gasteiger partial charge in [-0.05, 0) is 49.4 Å². The number of fused-ring (bicyclic) bond motifs is 1. The van der Waals surface area contributed by atoms with E-state index in [0.717, 1.165) is 18.2 Å². The average molecular weight is 643 g/mol. The molecule has 0 atom stereocenters. The Morgan fingerprint density at radius 2 is 1.53 bits per heavy atom. The van der Waals surface area contributed by atoms with Crippen molar-refractivity contribution < 1.29 is 36.7 Å². The van der Waals surface area contributed by atoms with Gasteiger partial charge in [-0.15, -0.1) is 0 Å². The molecule has 0 radical (unpaired) electrons. The Bertz CT molecular complexity index is 1240. The summed E-state index contributed by atoms with van der Waals surface area (Å²) in [5.74, 6) is 0.533. The molecule has 7 nitrogen and oxygen atoms in total. The number of alkyl halides is 3. The number of hydrogen-bond acceptors (Lipinski definition) is 6. The van der Waals surface area contributed by atoms with Gasteiger partial charge >= 0.3 is 13.3 Å². The van der Waals surface area contributed by atoms with Crippen LogP contribution in [0.3, 0.4) is 0 Å². The molecule has 1 saturated heterocycles. The van der Waals surface area contributed by atoms with E-state index in [4.69, 9.17) is 28.5 Å². The van der Waals surface area contributed by atoms with E-state index in [9.17, 15) is 13.2 Å². The lowest BCUT2D eigenvalue weighted by atomic mass is 9.71. The first-order chi connectivity index (χ1) is 19.8. The Kier molecular flexibility index (Phi) is 10.4. The zero-order valence-electron chi connectivity index (χ0n) is 27.5. The van der Waals surface area contributed by atoms with Crippen LogP contribution in [0.5, 0.6) is 0 Å². The van der Waals surface area contributed by atoms with Crippen LogP contribution in [0, 0.1) is 5.41 Å². The third kappa shape index (κ3) is 9.40. The molecule has 0 N–H and O–H groups in total. The van der Waals surface area contributed by atoms with Crippen LogP contribution >= 0.6 is 0 Å². The molecule has 0 bridgehead atoms. The molecule has 4 rings (SSSR count). The summed E-state index contributed by atoms with van der Waals surface area (Å²) >= 11 is 0. The van der Waals surface area contributed by atoms with Crippen molar-refractivity contribution in [2.75, 3.05) is 33.2 Å².